The van der Waals surface area contributed by atoms with Crippen molar-refractivity contribution in [1.82, 2.24) is 4.90 Å². The van der Waals surface area contributed by atoms with Gasteiger partial charge in [-0.25, -0.2) is 0 Å². The van der Waals surface area contributed by atoms with Gasteiger partial charge in [0.15, 0.2) is 0 Å². The molecule has 3 N–H and O–H groups in total. The number of fused-ring (bicyclic) bond motifs is 1. The van der Waals surface area contributed by atoms with E-state index in [2.05, 4.69) is 15.5 Å². The molecule has 0 aliphatic carbocycles. The third kappa shape index (κ3) is 5.90. The largest absolute Gasteiger partial charge is 0.494 e. The van der Waals surface area contributed by atoms with Crippen LogP contribution in [-0.4, -0.2) is 43.3 Å². The summed E-state index contributed by atoms with van der Waals surface area (Å²) in [4.78, 5) is 14.0. The van der Waals surface area contributed by atoms with Crippen LogP contribution in [0.1, 0.15) is 31.2 Å². The Morgan fingerprint density at radius 2 is 2.06 bits per heavy atom. The van der Waals surface area contributed by atoms with Gasteiger partial charge in [0.05, 0.1) is 6.61 Å². The molecule has 2 heterocycles. The van der Waals surface area contributed by atoms with Crippen molar-refractivity contribution in [3.63, 3.8) is 0 Å². The fourth-order valence-corrected chi connectivity index (χ4v) is 4.31. The minimum Gasteiger partial charge on any atom is -0.494 e. The zero-order valence-corrected chi connectivity index (χ0v) is 18.9. The zero-order valence-electron chi connectivity index (χ0n) is 18.1. The first-order valence-electron chi connectivity index (χ1n) is 11.1. The highest BCUT2D eigenvalue weighted by Gasteiger charge is 2.18. The highest BCUT2D eigenvalue weighted by Crippen LogP contribution is 2.27. The monoisotopic (exact) mass is 452 g/mol. The fraction of sp³-hybridized carbons (Fsp3) is 0.360. The number of nitrogens with zero attached hydrogens (tertiary/aromatic N) is 1. The molecule has 7 heteroatoms. The van der Waals surface area contributed by atoms with Gasteiger partial charge in [0.1, 0.15) is 5.75 Å². The molecule has 1 amide bonds. The van der Waals surface area contributed by atoms with Crippen molar-refractivity contribution in [3.05, 3.63) is 64.3 Å². The number of carbonyl (C=O) groups excluding carboxylic acids is 1. The number of ether oxygens (including phenoxy) is 1. The summed E-state index contributed by atoms with van der Waals surface area (Å²) in [6.07, 6.45) is 5.67. The summed E-state index contributed by atoms with van der Waals surface area (Å²) in [6.45, 7) is 3.37. The van der Waals surface area contributed by atoms with Gasteiger partial charge in [-0.05, 0) is 55.6 Å². The molecule has 0 aromatic heterocycles. The van der Waals surface area contributed by atoms with Gasteiger partial charge in [0, 0.05) is 65.9 Å². The molecule has 4 rings (SSSR count). The molecule has 2 aliphatic rings. The molecule has 0 spiro atoms. The van der Waals surface area contributed by atoms with Gasteiger partial charge in [0.2, 0.25) is 5.91 Å². The number of nitrogens with one attached hydrogen (secondary N) is 3. The molecule has 168 valence electrons. The van der Waals surface area contributed by atoms with Gasteiger partial charge in [0.25, 0.3) is 0 Å². The van der Waals surface area contributed by atoms with E-state index in [0.29, 0.717) is 18.1 Å². The fourth-order valence-electron chi connectivity index (χ4n) is 4.12. The topological polar surface area (TPSA) is 77.5 Å². The lowest BCUT2D eigenvalue weighted by atomic mass is 10.0. The number of rotatable bonds is 9. The molecule has 2 aromatic carbocycles. The number of hydrogen-bond donors (Lipinski definition) is 3. The van der Waals surface area contributed by atoms with E-state index < -0.39 is 0 Å². The molecule has 6 nitrogen and oxygen atoms in total. The lowest BCUT2D eigenvalue weighted by molar-refractivity contribution is -0.116. The van der Waals surface area contributed by atoms with Gasteiger partial charge < -0.3 is 20.8 Å². The molecule has 0 saturated carbocycles. The molecular formula is C25H29ClN4O2. The summed E-state index contributed by atoms with van der Waals surface area (Å²) in [6, 6.07) is 13.6. The van der Waals surface area contributed by atoms with Crippen LogP contribution in [0.15, 0.2) is 53.7 Å². The summed E-state index contributed by atoms with van der Waals surface area (Å²) in [7, 11) is 0. The minimum absolute atomic E-state index is 0.0699. The second-order valence-electron chi connectivity index (χ2n) is 8.23. The van der Waals surface area contributed by atoms with E-state index >= 15 is 0 Å². The molecule has 0 fully saturated rings. The maximum atomic E-state index is 11.6. The number of carbonyl (C=O) groups is 1. The van der Waals surface area contributed by atoms with E-state index in [0.717, 1.165) is 73.7 Å². The lowest BCUT2D eigenvalue weighted by Gasteiger charge is -2.30. The molecule has 0 atom stereocenters. The van der Waals surface area contributed by atoms with Gasteiger partial charge in [-0.1, -0.05) is 23.7 Å². The van der Waals surface area contributed by atoms with Crippen LogP contribution in [0.4, 0.5) is 11.4 Å². The van der Waals surface area contributed by atoms with Crippen LogP contribution in [-0.2, 0) is 11.2 Å². The van der Waals surface area contributed by atoms with Gasteiger partial charge >= 0.3 is 0 Å². The minimum atomic E-state index is 0.0699. The first-order valence-corrected chi connectivity index (χ1v) is 11.5. The van der Waals surface area contributed by atoms with Gasteiger partial charge in [-0.2, -0.15) is 0 Å². The van der Waals surface area contributed by atoms with Crippen LogP contribution in [0, 0.1) is 5.41 Å². The van der Waals surface area contributed by atoms with E-state index in [9.17, 15) is 4.79 Å². The Kier molecular flexibility index (Phi) is 7.45. The molecule has 0 unspecified atom stereocenters. The summed E-state index contributed by atoms with van der Waals surface area (Å²) >= 11 is 6.08. The van der Waals surface area contributed by atoms with Crippen molar-refractivity contribution >= 4 is 35.1 Å². The maximum Gasteiger partial charge on any atom is 0.224 e. The first-order chi connectivity index (χ1) is 15.6. The van der Waals surface area contributed by atoms with Crippen LogP contribution in [0.3, 0.4) is 0 Å². The Labute approximate surface area is 194 Å². The molecule has 0 saturated heterocycles. The summed E-state index contributed by atoms with van der Waals surface area (Å²) < 4.78 is 5.90. The first kappa shape index (κ1) is 22.4. The summed E-state index contributed by atoms with van der Waals surface area (Å²) in [5, 5.41) is 14.9. The highest BCUT2D eigenvalue weighted by molar-refractivity contribution is 6.30. The maximum absolute atomic E-state index is 11.6. The number of unbranched alkanes of at least 4 members (excludes halogenated alkanes) is 1. The second-order valence-corrected chi connectivity index (χ2v) is 8.67. The van der Waals surface area contributed by atoms with Crippen LogP contribution in [0.2, 0.25) is 5.02 Å². The van der Waals surface area contributed by atoms with E-state index in [1.807, 2.05) is 42.5 Å². The number of benzene rings is 2. The summed E-state index contributed by atoms with van der Waals surface area (Å²) in [5.74, 6) is 0.870. The highest BCUT2D eigenvalue weighted by atomic mass is 35.5. The SMILES string of the molecule is N=CC1=C(Nc2cccc(Cl)c2)CCN(CCCCOc2ccc3c(c2)NC(=O)CC3)C1. The molecule has 2 aromatic rings. The molecule has 0 bridgehead atoms. The Hall–Kier alpha value is -2.83. The molecular weight excluding hydrogens is 424 g/mol. The predicted molar refractivity (Wildman–Crippen MR) is 130 cm³/mol. The molecule has 32 heavy (non-hydrogen) atoms. The Morgan fingerprint density at radius 1 is 1.16 bits per heavy atom. The number of hydrogen-bond acceptors (Lipinski definition) is 5. The Morgan fingerprint density at radius 3 is 2.91 bits per heavy atom. The second kappa shape index (κ2) is 10.7. The zero-order chi connectivity index (χ0) is 22.3. The van der Waals surface area contributed by atoms with E-state index in [-0.39, 0.29) is 5.91 Å². The predicted octanol–water partition coefficient (Wildman–Crippen LogP) is 5.11. The average Bonchev–Trinajstić information content (AvgIpc) is 2.79. The third-order valence-corrected chi connectivity index (χ3v) is 6.10. The van der Waals surface area contributed by atoms with Crippen molar-refractivity contribution in [2.75, 3.05) is 36.9 Å². The van der Waals surface area contributed by atoms with E-state index in [1.165, 1.54) is 11.8 Å². The van der Waals surface area contributed by atoms with E-state index in [1.54, 1.807) is 0 Å². The van der Waals surface area contributed by atoms with Crippen LogP contribution < -0.4 is 15.4 Å². The van der Waals surface area contributed by atoms with Gasteiger partial charge in [-0.3, -0.25) is 9.69 Å². The van der Waals surface area contributed by atoms with Gasteiger partial charge in [-0.15, -0.1) is 0 Å². The van der Waals surface area contributed by atoms with Crippen molar-refractivity contribution < 1.29 is 9.53 Å². The third-order valence-electron chi connectivity index (χ3n) is 5.87. The van der Waals surface area contributed by atoms with Crippen LogP contribution >= 0.6 is 11.6 Å². The Bertz CT molecular complexity index is 1020. The van der Waals surface area contributed by atoms with Crippen molar-refractivity contribution in [3.8, 4) is 5.75 Å². The summed E-state index contributed by atoms with van der Waals surface area (Å²) in [5.41, 5.74) is 5.12. The van der Waals surface area contributed by atoms with Crippen LogP contribution in [0.5, 0.6) is 5.75 Å². The molecule has 2 aliphatic heterocycles. The number of amides is 1. The standard InChI is InChI=1S/C25H29ClN4O2/c26-20-4-3-5-21(14-20)28-23-10-12-30(17-19(23)16-27)11-1-2-13-32-22-8-6-18-7-9-25(31)29-24(18)15-22/h3-6,8,14-16,27-28H,1-2,7,9-13,17H2,(H,29,31). The molecule has 0 radical (unpaired) electrons. The number of halogens is 1. The van der Waals surface area contributed by atoms with Crippen LogP contribution in [0.25, 0.3) is 0 Å². The number of anilines is 2. The normalized spacial score (nSPS) is 16.3. The quantitative estimate of drug-likeness (QED) is 0.365. The van der Waals surface area contributed by atoms with E-state index in [4.69, 9.17) is 21.7 Å². The van der Waals surface area contributed by atoms with Crippen molar-refractivity contribution in [2.24, 2.45) is 0 Å². The van der Waals surface area contributed by atoms with Crippen molar-refractivity contribution in [1.29, 1.82) is 5.41 Å². The smallest absolute Gasteiger partial charge is 0.224 e. The Balaban J connectivity index is 1.21. The lowest BCUT2D eigenvalue weighted by Crippen LogP contribution is -2.34. The number of aryl methyl sites for hydroxylation is 1. The average molecular weight is 453 g/mol. The van der Waals surface area contributed by atoms with Crippen molar-refractivity contribution in [2.45, 2.75) is 32.1 Å².